The zero-order chi connectivity index (χ0) is 12.9. The number of rotatable bonds is 4. The topological polar surface area (TPSA) is 29.5 Å². The third kappa shape index (κ3) is 4.07. The van der Waals surface area contributed by atoms with Crippen molar-refractivity contribution in [3.8, 4) is 0 Å². The fourth-order valence-electron chi connectivity index (χ4n) is 1.16. The van der Waals surface area contributed by atoms with Gasteiger partial charge in [0.25, 0.3) is 0 Å². The highest BCUT2D eigenvalue weighted by molar-refractivity contribution is 5.80. The molecule has 1 aromatic rings. The Hall–Kier alpha value is -1.56. The molecule has 0 aliphatic carbocycles. The molecule has 3 nitrogen and oxygen atoms in total. The quantitative estimate of drug-likeness (QED) is 0.765. The summed E-state index contributed by atoms with van der Waals surface area (Å²) in [5.41, 5.74) is 0.695. The van der Waals surface area contributed by atoms with Gasteiger partial charge >= 0.3 is 12.1 Å². The highest BCUT2D eigenvalue weighted by Gasteiger charge is 2.42. The van der Waals surface area contributed by atoms with Crippen molar-refractivity contribution in [2.24, 2.45) is 0 Å². The van der Waals surface area contributed by atoms with Crippen molar-refractivity contribution in [1.29, 1.82) is 0 Å². The predicted octanol–water partition coefficient (Wildman–Crippen LogP) is 2.53. The van der Waals surface area contributed by atoms with Gasteiger partial charge in [-0.15, -0.1) is 0 Å². The van der Waals surface area contributed by atoms with Gasteiger partial charge in [-0.05, 0) is 12.5 Å². The lowest BCUT2D eigenvalue weighted by Gasteiger charge is -2.21. The summed E-state index contributed by atoms with van der Waals surface area (Å²) in [7, 11) is 0. The van der Waals surface area contributed by atoms with E-state index in [1.54, 1.807) is 30.3 Å². The Labute approximate surface area is 96.7 Å². The maximum Gasteiger partial charge on any atom is 0.473 e. The predicted molar refractivity (Wildman–Crippen MR) is 54.7 cm³/mol. The smallest absolute Gasteiger partial charge is 0.266 e. The van der Waals surface area contributed by atoms with Crippen LogP contribution in [0, 0.1) is 0 Å². The molecule has 0 heterocycles. The van der Waals surface area contributed by atoms with Gasteiger partial charge < -0.3 is 0 Å². The summed E-state index contributed by atoms with van der Waals surface area (Å²) in [6, 6.07) is 8.65. The van der Waals surface area contributed by atoms with Gasteiger partial charge in [0.15, 0.2) is 0 Å². The number of hydroxylamine groups is 2. The highest BCUT2D eigenvalue weighted by atomic mass is 19.4. The van der Waals surface area contributed by atoms with Crippen LogP contribution in [0.15, 0.2) is 30.3 Å². The molecular weight excluding hydrogens is 235 g/mol. The first-order chi connectivity index (χ1) is 7.95. The summed E-state index contributed by atoms with van der Waals surface area (Å²) in [5, 5.41) is 0.312. The Balaban J connectivity index is 2.57. The Morgan fingerprint density at radius 1 is 1.29 bits per heavy atom. The Bertz CT molecular complexity index is 365. The molecule has 1 amide bonds. The van der Waals surface area contributed by atoms with Crippen LogP contribution in [0.5, 0.6) is 0 Å². The monoisotopic (exact) mass is 247 g/mol. The van der Waals surface area contributed by atoms with Crippen molar-refractivity contribution in [1.82, 2.24) is 5.06 Å². The number of carbonyl (C=O) groups excluding carboxylic acids is 1. The molecule has 94 valence electrons. The molecule has 0 N–H and O–H groups in total. The van der Waals surface area contributed by atoms with E-state index in [0.29, 0.717) is 10.6 Å². The molecule has 0 aliphatic rings. The average molecular weight is 247 g/mol. The highest BCUT2D eigenvalue weighted by Crippen LogP contribution is 2.19. The van der Waals surface area contributed by atoms with Crippen molar-refractivity contribution in [2.75, 3.05) is 6.54 Å². The van der Waals surface area contributed by atoms with Crippen molar-refractivity contribution < 1.29 is 22.8 Å². The molecule has 1 rings (SSSR count). The number of halogens is 3. The van der Waals surface area contributed by atoms with Crippen LogP contribution in [0.4, 0.5) is 13.2 Å². The molecule has 0 aromatic heterocycles. The molecule has 0 fully saturated rings. The van der Waals surface area contributed by atoms with E-state index in [9.17, 15) is 18.0 Å². The summed E-state index contributed by atoms with van der Waals surface area (Å²) >= 11 is 0. The lowest BCUT2D eigenvalue weighted by Crippen LogP contribution is -2.40. The number of hydrogen-bond acceptors (Lipinski definition) is 2. The van der Waals surface area contributed by atoms with E-state index in [2.05, 4.69) is 0 Å². The van der Waals surface area contributed by atoms with Gasteiger partial charge in [0.05, 0.1) is 0 Å². The zero-order valence-corrected chi connectivity index (χ0v) is 9.20. The molecule has 0 unspecified atom stereocenters. The number of nitrogens with zero attached hydrogens (tertiary/aromatic N) is 1. The molecule has 6 heteroatoms. The van der Waals surface area contributed by atoms with Gasteiger partial charge in [-0.1, -0.05) is 30.3 Å². The Morgan fingerprint density at radius 3 is 2.35 bits per heavy atom. The molecule has 17 heavy (non-hydrogen) atoms. The van der Waals surface area contributed by atoms with Gasteiger partial charge in [0, 0.05) is 6.54 Å². The van der Waals surface area contributed by atoms with E-state index < -0.39 is 12.1 Å². The molecule has 0 aliphatic heterocycles. The summed E-state index contributed by atoms with van der Waals surface area (Å²) in [6.45, 7) is 1.18. The molecule has 0 saturated carbocycles. The molecule has 0 saturated heterocycles. The minimum atomic E-state index is -4.91. The third-order valence-electron chi connectivity index (χ3n) is 1.99. The van der Waals surface area contributed by atoms with Crippen LogP contribution in [-0.2, 0) is 16.2 Å². The fraction of sp³-hybridized carbons (Fsp3) is 0.364. The number of benzene rings is 1. The fourth-order valence-corrected chi connectivity index (χ4v) is 1.16. The van der Waals surface area contributed by atoms with E-state index in [-0.39, 0.29) is 13.2 Å². The normalized spacial score (nSPS) is 11.3. The standard InChI is InChI=1S/C11H12F3NO2/c1-2-15(10(16)11(12,13)14)17-8-9-6-4-3-5-7-9/h3-7H,2,8H2,1H3. The second-order valence-electron chi connectivity index (χ2n) is 3.26. The van der Waals surface area contributed by atoms with E-state index >= 15 is 0 Å². The van der Waals surface area contributed by atoms with Gasteiger partial charge in [0.2, 0.25) is 0 Å². The second-order valence-corrected chi connectivity index (χ2v) is 3.26. The maximum atomic E-state index is 12.1. The first kappa shape index (κ1) is 13.5. The van der Waals surface area contributed by atoms with E-state index in [0.717, 1.165) is 0 Å². The second kappa shape index (κ2) is 5.67. The van der Waals surface area contributed by atoms with Crippen LogP contribution in [0.2, 0.25) is 0 Å². The van der Waals surface area contributed by atoms with Gasteiger partial charge in [-0.3, -0.25) is 9.63 Å². The first-order valence-corrected chi connectivity index (χ1v) is 5.00. The minimum Gasteiger partial charge on any atom is -0.266 e. The first-order valence-electron chi connectivity index (χ1n) is 5.00. The zero-order valence-electron chi connectivity index (χ0n) is 9.20. The van der Waals surface area contributed by atoms with Gasteiger partial charge in [0.1, 0.15) is 6.61 Å². The molecule has 0 atom stereocenters. The van der Waals surface area contributed by atoms with Crippen LogP contribution < -0.4 is 0 Å². The van der Waals surface area contributed by atoms with Crippen LogP contribution in [0.1, 0.15) is 12.5 Å². The molecule has 0 spiro atoms. The van der Waals surface area contributed by atoms with Crippen molar-refractivity contribution in [3.05, 3.63) is 35.9 Å². The molecule has 0 bridgehead atoms. The lowest BCUT2D eigenvalue weighted by atomic mass is 10.2. The van der Waals surface area contributed by atoms with Gasteiger partial charge in [-0.2, -0.15) is 13.2 Å². The van der Waals surface area contributed by atoms with Crippen LogP contribution in [-0.4, -0.2) is 23.7 Å². The largest absolute Gasteiger partial charge is 0.473 e. The molecule has 0 radical (unpaired) electrons. The Kier molecular flexibility index (Phi) is 4.51. The van der Waals surface area contributed by atoms with Crippen molar-refractivity contribution in [2.45, 2.75) is 19.7 Å². The number of alkyl halides is 3. The summed E-state index contributed by atoms with van der Waals surface area (Å²) in [6.07, 6.45) is -4.91. The summed E-state index contributed by atoms with van der Waals surface area (Å²) < 4.78 is 36.4. The third-order valence-corrected chi connectivity index (χ3v) is 1.99. The number of carbonyl (C=O) groups is 1. The minimum absolute atomic E-state index is 0.0729. The number of hydrogen-bond donors (Lipinski definition) is 0. The van der Waals surface area contributed by atoms with E-state index in [1.807, 2.05) is 0 Å². The summed E-state index contributed by atoms with van der Waals surface area (Å²) in [5.74, 6) is -1.99. The molecular formula is C11H12F3NO2. The van der Waals surface area contributed by atoms with Crippen LogP contribution >= 0.6 is 0 Å². The van der Waals surface area contributed by atoms with Crippen molar-refractivity contribution in [3.63, 3.8) is 0 Å². The SMILES string of the molecule is CCN(OCc1ccccc1)C(=O)C(F)(F)F. The lowest BCUT2D eigenvalue weighted by molar-refractivity contribution is -0.232. The van der Waals surface area contributed by atoms with E-state index in [1.165, 1.54) is 6.92 Å². The average Bonchev–Trinajstić information content (AvgIpc) is 2.30. The maximum absolute atomic E-state index is 12.1. The van der Waals surface area contributed by atoms with Crippen molar-refractivity contribution >= 4 is 5.91 Å². The number of amides is 1. The van der Waals surface area contributed by atoms with Crippen LogP contribution in [0.25, 0.3) is 0 Å². The Morgan fingerprint density at radius 2 is 1.88 bits per heavy atom. The summed E-state index contributed by atoms with van der Waals surface area (Å²) in [4.78, 5) is 15.7. The van der Waals surface area contributed by atoms with Crippen LogP contribution in [0.3, 0.4) is 0 Å². The molecule has 1 aromatic carbocycles. The van der Waals surface area contributed by atoms with Gasteiger partial charge in [-0.25, -0.2) is 5.06 Å². The van der Waals surface area contributed by atoms with E-state index in [4.69, 9.17) is 4.84 Å².